The molecule has 0 fully saturated rings. The molecule has 0 bridgehead atoms. The van der Waals surface area contributed by atoms with Gasteiger partial charge in [-0.05, 0) is 89.9 Å². The molecule has 0 aromatic carbocycles. The van der Waals surface area contributed by atoms with Crippen LogP contribution in [0.2, 0.25) is 0 Å². The largest absolute Gasteiger partial charge is 0.462 e. The summed E-state index contributed by atoms with van der Waals surface area (Å²) in [7, 11) is 0. The zero-order valence-corrected chi connectivity index (χ0v) is 38.9. The number of carbonyl (C=O) groups is 2. The summed E-state index contributed by atoms with van der Waals surface area (Å²) < 4.78 is 5.92. The summed E-state index contributed by atoms with van der Waals surface area (Å²) in [5.41, 5.74) is 0. The first-order chi connectivity index (χ1) is 29.0. The topological polar surface area (TPSA) is 95.9 Å². The van der Waals surface area contributed by atoms with Crippen LogP contribution in [0.4, 0.5) is 0 Å². The third kappa shape index (κ3) is 42.1. The maximum absolute atomic E-state index is 13.2. The number of aliphatic hydroxyl groups is 2. The van der Waals surface area contributed by atoms with E-state index >= 15 is 0 Å². The molecule has 0 aromatic rings. The van der Waals surface area contributed by atoms with Gasteiger partial charge < -0.3 is 20.3 Å². The standard InChI is InChI=1S/C53H95NO5/c1-4-7-10-13-16-19-21-23-25-26-27-28-30-33-35-38-41-44-49(59-53(58)46-43-40-37-34-31-29-24-22-20-17-14-11-8-5-2)47-52(57)54-50(48-55)51(56)45-42-39-36-32-18-15-12-9-6-3/h8,11,16-17,19-20,23-25,29,49-51,55-56H,4-7,9-10,12-15,18,21-22,26-28,30-48H2,1-3H3,(H,54,57)/b11-8+,19-16-,20-17+,25-23-,29-24+. The number of rotatable bonds is 44. The van der Waals surface area contributed by atoms with Crippen molar-refractivity contribution in [1.82, 2.24) is 5.32 Å². The highest BCUT2D eigenvalue weighted by atomic mass is 16.5. The minimum atomic E-state index is -0.793. The number of carbonyl (C=O) groups excluding carboxylic acids is 2. The second-order valence-electron chi connectivity index (χ2n) is 16.8. The Morgan fingerprint density at radius 3 is 1.42 bits per heavy atom. The molecule has 0 aliphatic carbocycles. The van der Waals surface area contributed by atoms with Gasteiger partial charge in [0.15, 0.2) is 0 Å². The van der Waals surface area contributed by atoms with E-state index in [1.165, 1.54) is 89.9 Å². The predicted octanol–water partition coefficient (Wildman–Crippen LogP) is 14.8. The molecule has 3 atom stereocenters. The van der Waals surface area contributed by atoms with Crippen molar-refractivity contribution in [3.63, 3.8) is 0 Å². The van der Waals surface area contributed by atoms with E-state index in [1.807, 2.05) is 0 Å². The zero-order chi connectivity index (χ0) is 43.1. The summed E-state index contributed by atoms with van der Waals surface area (Å²) in [6, 6.07) is -0.708. The van der Waals surface area contributed by atoms with Gasteiger partial charge in [0.05, 0.1) is 25.2 Å². The molecule has 6 heteroatoms. The molecule has 1 amide bonds. The van der Waals surface area contributed by atoms with E-state index in [0.717, 1.165) is 103 Å². The lowest BCUT2D eigenvalue weighted by atomic mass is 10.0. The highest BCUT2D eigenvalue weighted by molar-refractivity contribution is 5.77. The van der Waals surface area contributed by atoms with Crippen LogP contribution in [0.25, 0.3) is 0 Å². The van der Waals surface area contributed by atoms with Gasteiger partial charge in [-0.15, -0.1) is 0 Å². The first kappa shape index (κ1) is 56.6. The molecule has 0 heterocycles. The van der Waals surface area contributed by atoms with E-state index in [9.17, 15) is 19.8 Å². The molecule has 0 spiro atoms. The van der Waals surface area contributed by atoms with E-state index in [0.29, 0.717) is 19.3 Å². The van der Waals surface area contributed by atoms with Gasteiger partial charge in [-0.25, -0.2) is 0 Å². The monoisotopic (exact) mass is 826 g/mol. The number of unbranched alkanes of at least 4 members (excludes halogenated alkanes) is 22. The Kier molecular flexibility index (Phi) is 44.7. The van der Waals surface area contributed by atoms with E-state index < -0.39 is 18.2 Å². The van der Waals surface area contributed by atoms with E-state index in [-0.39, 0.29) is 24.9 Å². The van der Waals surface area contributed by atoms with E-state index in [2.05, 4.69) is 86.8 Å². The molecule has 0 saturated heterocycles. The fourth-order valence-electron chi connectivity index (χ4n) is 7.30. The Morgan fingerprint density at radius 1 is 0.508 bits per heavy atom. The molecule has 3 unspecified atom stereocenters. The zero-order valence-electron chi connectivity index (χ0n) is 38.9. The molecule has 0 aromatic heterocycles. The SMILES string of the molecule is CC/C=C/C/C=C/C/C=C/CCCCCCC(=O)OC(CCCCCCCCC/C=C\C/C=C\CCCCC)CC(=O)NC(CO)C(O)CCCCCCCCCCC. The van der Waals surface area contributed by atoms with Crippen LogP contribution in [-0.2, 0) is 14.3 Å². The summed E-state index contributed by atoms with van der Waals surface area (Å²) in [5, 5.41) is 23.7. The van der Waals surface area contributed by atoms with Crippen LogP contribution in [0.5, 0.6) is 0 Å². The lowest BCUT2D eigenvalue weighted by Crippen LogP contribution is -2.46. The van der Waals surface area contributed by atoms with Crippen molar-refractivity contribution < 1.29 is 24.5 Å². The van der Waals surface area contributed by atoms with Crippen molar-refractivity contribution in [2.24, 2.45) is 0 Å². The van der Waals surface area contributed by atoms with Crippen LogP contribution in [0.15, 0.2) is 60.8 Å². The summed E-state index contributed by atoms with van der Waals surface area (Å²) >= 11 is 0. The minimum absolute atomic E-state index is 0.0616. The average Bonchev–Trinajstić information content (AvgIpc) is 3.23. The van der Waals surface area contributed by atoms with Crippen LogP contribution < -0.4 is 5.32 Å². The van der Waals surface area contributed by atoms with Gasteiger partial charge in [0.1, 0.15) is 6.10 Å². The smallest absolute Gasteiger partial charge is 0.306 e. The third-order valence-corrected chi connectivity index (χ3v) is 11.1. The molecular formula is C53H95NO5. The maximum Gasteiger partial charge on any atom is 0.306 e. The van der Waals surface area contributed by atoms with Crippen molar-refractivity contribution in [3.05, 3.63) is 60.8 Å². The molecule has 59 heavy (non-hydrogen) atoms. The highest BCUT2D eigenvalue weighted by Gasteiger charge is 2.24. The first-order valence-electron chi connectivity index (χ1n) is 25.0. The summed E-state index contributed by atoms with van der Waals surface area (Å²) in [4.78, 5) is 26.1. The Labute approximate surface area is 365 Å². The molecule has 0 radical (unpaired) electrons. The van der Waals surface area contributed by atoms with Gasteiger partial charge >= 0.3 is 5.97 Å². The molecular weight excluding hydrogens is 731 g/mol. The fourth-order valence-corrected chi connectivity index (χ4v) is 7.30. The summed E-state index contributed by atoms with van der Waals surface area (Å²) in [6.45, 7) is 6.32. The average molecular weight is 826 g/mol. The van der Waals surface area contributed by atoms with Crippen molar-refractivity contribution >= 4 is 11.9 Å². The number of ether oxygens (including phenoxy) is 1. The van der Waals surface area contributed by atoms with Crippen molar-refractivity contribution in [2.45, 2.75) is 257 Å². The summed E-state index contributed by atoms with van der Waals surface area (Å²) in [6.07, 6.45) is 57.1. The van der Waals surface area contributed by atoms with E-state index in [1.54, 1.807) is 0 Å². The molecule has 0 rings (SSSR count). The van der Waals surface area contributed by atoms with Crippen LogP contribution >= 0.6 is 0 Å². The number of hydrogen-bond donors (Lipinski definition) is 3. The second-order valence-corrected chi connectivity index (χ2v) is 16.8. The number of esters is 1. The van der Waals surface area contributed by atoms with Crippen LogP contribution in [-0.4, -0.2) is 46.9 Å². The van der Waals surface area contributed by atoms with Gasteiger partial charge in [-0.1, -0.05) is 197 Å². The lowest BCUT2D eigenvalue weighted by molar-refractivity contribution is -0.151. The van der Waals surface area contributed by atoms with Crippen molar-refractivity contribution in [2.75, 3.05) is 6.61 Å². The molecule has 0 aliphatic rings. The summed E-state index contributed by atoms with van der Waals surface area (Å²) in [5.74, 6) is -0.508. The molecule has 342 valence electrons. The third-order valence-electron chi connectivity index (χ3n) is 11.1. The Hall–Kier alpha value is -2.44. The van der Waals surface area contributed by atoms with Gasteiger partial charge in [0.25, 0.3) is 0 Å². The van der Waals surface area contributed by atoms with Crippen LogP contribution in [0, 0.1) is 0 Å². The fraction of sp³-hybridized carbons (Fsp3) is 0.774. The van der Waals surface area contributed by atoms with Crippen LogP contribution in [0.1, 0.15) is 239 Å². The maximum atomic E-state index is 13.2. The Morgan fingerprint density at radius 2 is 0.915 bits per heavy atom. The van der Waals surface area contributed by atoms with Gasteiger partial charge in [-0.3, -0.25) is 9.59 Å². The molecule has 0 aliphatic heterocycles. The minimum Gasteiger partial charge on any atom is -0.462 e. The number of hydrogen-bond acceptors (Lipinski definition) is 5. The van der Waals surface area contributed by atoms with E-state index in [4.69, 9.17) is 4.74 Å². The highest BCUT2D eigenvalue weighted by Crippen LogP contribution is 2.17. The quantitative estimate of drug-likeness (QED) is 0.0323. The van der Waals surface area contributed by atoms with Crippen molar-refractivity contribution in [3.8, 4) is 0 Å². The normalized spacial score (nSPS) is 13.8. The van der Waals surface area contributed by atoms with Gasteiger partial charge in [0.2, 0.25) is 5.91 Å². The molecule has 6 nitrogen and oxygen atoms in total. The Balaban J connectivity index is 4.64. The Bertz CT molecular complexity index is 1060. The van der Waals surface area contributed by atoms with Crippen LogP contribution in [0.3, 0.4) is 0 Å². The van der Waals surface area contributed by atoms with Crippen molar-refractivity contribution in [1.29, 1.82) is 0 Å². The first-order valence-corrected chi connectivity index (χ1v) is 25.0. The number of amides is 1. The predicted molar refractivity (Wildman–Crippen MR) is 255 cm³/mol. The van der Waals surface area contributed by atoms with Gasteiger partial charge in [-0.2, -0.15) is 0 Å². The molecule has 3 N–H and O–H groups in total. The number of allylic oxidation sites excluding steroid dienone is 10. The number of nitrogens with one attached hydrogen (secondary N) is 1. The lowest BCUT2D eigenvalue weighted by Gasteiger charge is -2.24. The number of aliphatic hydroxyl groups excluding tert-OH is 2. The van der Waals surface area contributed by atoms with Gasteiger partial charge in [0, 0.05) is 6.42 Å². The second kappa shape index (κ2) is 46.6. The molecule has 0 saturated carbocycles.